The fourth-order valence-electron chi connectivity index (χ4n) is 2.01. The zero-order valence-electron chi connectivity index (χ0n) is 13.7. The molecular formula is C16H18N2O6S. The molecule has 0 aliphatic carbocycles. The van der Waals surface area contributed by atoms with E-state index in [1.165, 1.54) is 37.6 Å². The molecular weight excluding hydrogens is 348 g/mol. The second-order valence-electron chi connectivity index (χ2n) is 5.12. The molecule has 2 rings (SSSR count). The third-order valence-corrected chi connectivity index (χ3v) is 4.74. The number of hydrogen-bond acceptors (Lipinski definition) is 6. The molecule has 25 heavy (non-hydrogen) atoms. The minimum atomic E-state index is -3.67. The van der Waals surface area contributed by atoms with E-state index in [4.69, 9.17) is 9.15 Å². The van der Waals surface area contributed by atoms with Crippen LogP contribution in [-0.2, 0) is 19.6 Å². The first kappa shape index (κ1) is 18.7. The Kier molecular flexibility index (Phi) is 5.94. The molecule has 0 unspecified atom stereocenters. The quantitative estimate of drug-likeness (QED) is 0.712. The van der Waals surface area contributed by atoms with Crippen LogP contribution < -0.4 is 10.0 Å². The highest BCUT2D eigenvalue weighted by molar-refractivity contribution is 7.89. The van der Waals surface area contributed by atoms with Gasteiger partial charge in [0, 0.05) is 0 Å². The number of rotatable bonds is 7. The molecule has 0 aliphatic heterocycles. The Labute approximate surface area is 145 Å². The maximum atomic E-state index is 12.0. The number of nitrogens with one attached hydrogen (secondary N) is 2. The van der Waals surface area contributed by atoms with Crippen molar-refractivity contribution in [2.45, 2.75) is 17.9 Å². The van der Waals surface area contributed by atoms with E-state index in [1.807, 2.05) is 0 Å². The number of furan rings is 1. The maximum Gasteiger partial charge on any atom is 0.338 e. The van der Waals surface area contributed by atoms with Gasteiger partial charge in [-0.1, -0.05) is 6.07 Å². The number of carbonyl (C=O) groups is 2. The van der Waals surface area contributed by atoms with Crippen LogP contribution in [0.5, 0.6) is 0 Å². The molecule has 134 valence electrons. The van der Waals surface area contributed by atoms with Crippen molar-refractivity contribution in [2.24, 2.45) is 0 Å². The van der Waals surface area contributed by atoms with Gasteiger partial charge in [0.05, 0.1) is 22.8 Å². The molecule has 9 heteroatoms. The van der Waals surface area contributed by atoms with E-state index in [-0.39, 0.29) is 16.5 Å². The normalized spacial score (nSPS) is 12.4. The minimum Gasteiger partial charge on any atom is -0.467 e. The summed E-state index contributed by atoms with van der Waals surface area (Å²) < 4.78 is 35.7. The molecule has 0 aliphatic rings. The van der Waals surface area contributed by atoms with Gasteiger partial charge in [0.1, 0.15) is 5.76 Å². The Morgan fingerprint density at radius 3 is 2.64 bits per heavy atom. The molecule has 0 radical (unpaired) electrons. The number of ether oxygens (including phenoxy) is 1. The number of esters is 1. The smallest absolute Gasteiger partial charge is 0.338 e. The molecule has 0 fully saturated rings. The van der Waals surface area contributed by atoms with Gasteiger partial charge in [-0.2, -0.15) is 0 Å². The molecule has 1 aromatic heterocycles. The maximum absolute atomic E-state index is 12.0. The number of sulfonamides is 1. The fraction of sp³-hybridized carbons (Fsp3) is 0.250. The second kappa shape index (κ2) is 7.95. The monoisotopic (exact) mass is 366 g/mol. The topological polar surface area (TPSA) is 115 Å². The van der Waals surface area contributed by atoms with Gasteiger partial charge in [-0.25, -0.2) is 17.9 Å². The largest absolute Gasteiger partial charge is 0.467 e. The summed E-state index contributed by atoms with van der Waals surface area (Å²) in [5, 5.41) is 2.62. The Balaban J connectivity index is 1.94. The van der Waals surface area contributed by atoms with Crippen molar-refractivity contribution in [3.8, 4) is 0 Å². The van der Waals surface area contributed by atoms with Gasteiger partial charge in [-0.05, 0) is 44.3 Å². The first-order valence-corrected chi connectivity index (χ1v) is 8.85. The van der Waals surface area contributed by atoms with E-state index >= 15 is 0 Å². The summed E-state index contributed by atoms with van der Waals surface area (Å²) in [6, 6.07) is 8.39. The van der Waals surface area contributed by atoms with Crippen molar-refractivity contribution in [1.82, 2.24) is 10.0 Å². The summed E-state index contributed by atoms with van der Waals surface area (Å²) >= 11 is 0. The standard InChI is InChI=1S/C16H18N2O6S/c1-11(14-7-4-8-23-14)18-15(19)10-24-16(20)12-5-3-6-13(9-12)25(21,22)17-2/h3-9,11,17H,10H2,1-2H3,(H,18,19)/t11-/m0/s1. The van der Waals surface area contributed by atoms with E-state index in [9.17, 15) is 18.0 Å². The molecule has 0 bridgehead atoms. The number of hydrogen-bond donors (Lipinski definition) is 2. The van der Waals surface area contributed by atoms with Crippen molar-refractivity contribution < 1.29 is 27.2 Å². The highest BCUT2D eigenvalue weighted by Crippen LogP contribution is 2.13. The van der Waals surface area contributed by atoms with Crippen molar-refractivity contribution in [2.75, 3.05) is 13.7 Å². The van der Waals surface area contributed by atoms with E-state index in [1.54, 1.807) is 19.1 Å². The molecule has 2 N–H and O–H groups in total. The van der Waals surface area contributed by atoms with E-state index in [2.05, 4.69) is 10.0 Å². The first-order valence-electron chi connectivity index (χ1n) is 7.37. The van der Waals surface area contributed by atoms with Crippen LogP contribution in [0.1, 0.15) is 29.1 Å². The summed E-state index contributed by atoms with van der Waals surface area (Å²) in [4.78, 5) is 23.7. The van der Waals surface area contributed by atoms with Gasteiger partial charge in [0.2, 0.25) is 10.0 Å². The van der Waals surface area contributed by atoms with Crippen LogP contribution in [-0.4, -0.2) is 33.9 Å². The summed E-state index contributed by atoms with van der Waals surface area (Å²) in [7, 11) is -2.41. The van der Waals surface area contributed by atoms with Crippen molar-refractivity contribution in [3.63, 3.8) is 0 Å². The minimum absolute atomic E-state index is 0.0307. The zero-order chi connectivity index (χ0) is 18.4. The lowest BCUT2D eigenvalue weighted by Crippen LogP contribution is -2.31. The predicted molar refractivity (Wildman–Crippen MR) is 88.2 cm³/mol. The van der Waals surface area contributed by atoms with Crippen molar-refractivity contribution in [3.05, 3.63) is 54.0 Å². The van der Waals surface area contributed by atoms with Gasteiger partial charge >= 0.3 is 5.97 Å². The molecule has 2 aromatic rings. The van der Waals surface area contributed by atoms with E-state index < -0.39 is 28.5 Å². The van der Waals surface area contributed by atoms with Crippen LogP contribution in [0.2, 0.25) is 0 Å². The van der Waals surface area contributed by atoms with Gasteiger partial charge < -0.3 is 14.5 Å². The molecule has 8 nitrogen and oxygen atoms in total. The summed E-state index contributed by atoms with van der Waals surface area (Å²) in [5.74, 6) is -0.727. The molecule has 1 amide bonds. The number of benzene rings is 1. The molecule has 0 saturated heterocycles. The molecule has 0 saturated carbocycles. The van der Waals surface area contributed by atoms with Crippen molar-refractivity contribution >= 4 is 21.9 Å². The fourth-order valence-corrected chi connectivity index (χ4v) is 2.79. The lowest BCUT2D eigenvalue weighted by Gasteiger charge is -2.11. The van der Waals surface area contributed by atoms with Crippen LogP contribution in [0.25, 0.3) is 0 Å². The molecule has 1 heterocycles. The summed E-state index contributed by atoms with van der Waals surface area (Å²) in [5.41, 5.74) is 0.0307. The Bertz CT molecular complexity index is 845. The average molecular weight is 366 g/mol. The average Bonchev–Trinajstić information content (AvgIpc) is 3.14. The second-order valence-corrected chi connectivity index (χ2v) is 7.00. The van der Waals surface area contributed by atoms with E-state index in [0.717, 1.165) is 0 Å². The van der Waals surface area contributed by atoms with E-state index in [0.29, 0.717) is 5.76 Å². The molecule has 1 atom stereocenters. The summed E-state index contributed by atoms with van der Waals surface area (Å²) in [6.07, 6.45) is 1.49. The van der Waals surface area contributed by atoms with Crippen LogP contribution in [0.4, 0.5) is 0 Å². The van der Waals surface area contributed by atoms with Crippen molar-refractivity contribution in [1.29, 1.82) is 0 Å². The van der Waals surface area contributed by atoms with Gasteiger partial charge in [-0.15, -0.1) is 0 Å². The van der Waals surface area contributed by atoms with Gasteiger partial charge in [0.25, 0.3) is 5.91 Å². The molecule has 0 spiro atoms. The number of amides is 1. The highest BCUT2D eigenvalue weighted by Gasteiger charge is 2.17. The van der Waals surface area contributed by atoms with Gasteiger partial charge in [0.15, 0.2) is 6.61 Å². The van der Waals surface area contributed by atoms with Crippen LogP contribution in [0.15, 0.2) is 52.0 Å². The SMILES string of the molecule is CNS(=O)(=O)c1cccc(C(=O)OCC(=O)N[C@@H](C)c2ccco2)c1. The Morgan fingerprint density at radius 1 is 1.24 bits per heavy atom. The summed E-state index contributed by atoms with van der Waals surface area (Å²) in [6.45, 7) is 1.23. The zero-order valence-corrected chi connectivity index (χ0v) is 14.5. The third kappa shape index (κ3) is 4.91. The first-order chi connectivity index (χ1) is 11.8. The van der Waals surface area contributed by atoms with Gasteiger partial charge in [-0.3, -0.25) is 4.79 Å². The highest BCUT2D eigenvalue weighted by atomic mass is 32.2. The Hall–Kier alpha value is -2.65. The number of carbonyl (C=O) groups excluding carboxylic acids is 2. The predicted octanol–water partition coefficient (Wildman–Crippen LogP) is 1.22. The third-order valence-electron chi connectivity index (χ3n) is 3.33. The lowest BCUT2D eigenvalue weighted by molar-refractivity contribution is -0.125. The lowest BCUT2D eigenvalue weighted by atomic mass is 10.2. The van der Waals surface area contributed by atoms with Crippen LogP contribution >= 0.6 is 0 Å². The Morgan fingerprint density at radius 2 is 2.00 bits per heavy atom. The van der Waals surface area contributed by atoms with Crippen LogP contribution in [0.3, 0.4) is 0 Å². The molecule has 1 aromatic carbocycles. The van der Waals surface area contributed by atoms with Crippen LogP contribution in [0, 0.1) is 0 Å².